The Labute approximate surface area is 126 Å². The van der Waals surface area contributed by atoms with Crippen molar-refractivity contribution in [3.63, 3.8) is 0 Å². The number of imidazole rings is 1. The highest BCUT2D eigenvalue weighted by atomic mass is 79.9. The first-order valence-electron chi connectivity index (χ1n) is 6.64. The molecule has 1 atom stereocenters. The summed E-state index contributed by atoms with van der Waals surface area (Å²) in [5.41, 5.74) is 3.31. The highest BCUT2D eigenvalue weighted by Gasteiger charge is 2.07. The number of nitrogens with one attached hydrogen (secondary N) is 1. The molecule has 1 unspecified atom stereocenters. The van der Waals surface area contributed by atoms with Crippen LogP contribution in [0.25, 0.3) is 5.65 Å². The fourth-order valence-corrected chi connectivity index (χ4v) is 2.64. The van der Waals surface area contributed by atoms with Crippen LogP contribution in [0.2, 0.25) is 0 Å². The zero-order chi connectivity index (χ0) is 13.9. The summed E-state index contributed by atoms with van der Waals surface area (Å²) in [4.78, 5) is 4.59. The summed E-state index contributed by atoms with van der Waals surface area (Å²) in [5, 5.41) is 3.51. The molecule has 1 N–H and O–H groups in total. The Balaban J connectivity index is 1.69. The lowest BCUT2D eigenvalue weighted by Gasteiger charge is -2.13. The quantitative estimate of drug-likeness (QED) is 0.785. The molecule has 1 aromatic carbocycles. The van der Waals surface area contributed by atoms with Crippen molar-refractivity contribution in [1.82, 2.24) is 14.7 Å². The first kappa shape index (κ1) is 13.3. The third-order valence-corrected chi connectivity index (χ3v) is 3.85. The second-order valence-electron chi connectivity index (χ2n) is 4.86. The fraction of sp³-hybridized carbons (Fsp3) is 0.188. The zero-order valence-corrected chi connectivity index (χ0v) is 12.8. The number of hydrogen-bond donors (Lipinski definition) is 1. The SMILES string of the molecule is CC(NCc1cn2ccccc2n1)c1cccc(Br)c1. The Hall–Kier alpha value is -1.65. The first-order chi connectivity index (χ1) is 9.72. The van der Waals surface area contributed by atoms with Crippen molar-refractivity contribution < 1.29 is 0 Å². The Bertz CT molecular complexity index is 687. The minimum Gasteiger partial charge on any atom is -0.307 e. The van der Waals surface area contributed by atoms with Gasteiger partial charge < -0.3 is 9.72 Å². The van der Waals surface area contributed by atoms with Gasteiger partial charge in [0, 0.05) is 29.5 Å². The summed E-state index contributed by atoms with van der Waals surface area (Å²) < 4.78 is 3.15. The highest BCUT2D eigenvalue weighted by molar-refractivity contribution is 9.10. The number of nitrogens with zero attached hydrogens (tertiary/aromatic N) is 2. The summed E-state index contributed by atoms with van der Waals surface area (Å²) in [7, 11) is 0. The average molecular weight is 330 g/mol. The van der Waals surface area contributed by atoms with Crippen LogP contribution in [0.5, 0.6) is 0 Å². The number of fused-ring (bicyclic) bond motifs is 1. The van der Waals surface area contributed by atoms with Crippen molar-refractivity contribution in [2.45, 2.75) is 19.5 Å². The molecule has 0 aliphatic heterocycles. The molecule has 0 aliphatic rings. The number of halogens is 1. The van der Waals surface area contributed by atoms with Gasteiger partial charge >= 0.3 is 0 Å². The van der Waals surface area contributed by atoms with E-state index in [-0.39, 0.29) is 6.04 Å². The third kappa shape index (κ3) is 2.92. The molecule has 0 radical (unpaired) electrons. The highest BCUT2D eigenvalue weighted by Crippen LogP contribution is 2.18. The van der Waals surface area contributed by atoms with E-state index in [0.717, 1.165) is 22.4 Å². The molecule has 20 heavy (non-hydrogen) atoms. The Morgan fingerprint density at radius 3 is 2.95 bits per heavy atom. The Kier molecular flexibility index (Phi) is 3.85. The van der Waals surface area contributed by atoms with Crippen LogP contribution in [0.1, 0.15) is 24.2 Å². The molecule has 2 heterocycles. The van der Waals surface area contributed by atoms with E-state index in [1.165, 1.54) is 5.56 Å². The molecule has 3 rings (SSSR count). The number of hydrogen-bond acceptors (Lipinski definition) is 2. The molecule has 0 fully saturated rings. The summed E-state index contributed by atoms with van der Waals surface area (Å²) in [5.74, 6) is 0. The first-order valence-corrected chi connectivity index (χ1v) is 7.43. The van der Waals surface area contributed by atoms with E-state index in [4.69, 9.17) is 0 Å². The Morgan fingerprint density at radius 1 is 1.25 bits per heavy atom. The molecule has 3 nitrogen and oxygen atoms in total. The summed E-state index contributed by atoms with van der Waals surface area (Å²) >= 11 is 3.51. The molecule has 4 heteroatoms. The second kappa shape index (κ2) is 5.77. The standard InChI is InChI=1S/C16H16BrN3/c1-12(13-5-4-6-14(17)9-13)18-10-15-11-20-8-3-2-7-16(20)19-15/h2-9,11-12,18H,10H2,1H3. The average Bonchev–Trinajstić information content (AvgIpc) is 2.87. The van der Waals surface area contributed by atoms with E-state index in [1.54, 1.807) is 0 Å². The maximum absolute atomic E-state index is 4.59. The van der Waals surface area contributed by atoms with Gasteiger partial charge in [0.2, 0.25) is 0 Å². The van der Waals surface area contributed by atoms with Crippen molar-refractivity contribution >= 4 is 21.6 Å². The minimum absolute atomic E-state index is 0.289. The summed E-state index contributed by atoms with van der Waals surface area (Å²) in [6.07, 6.45) is 4.08. The van der Waals surface area contributed by atoms with Crippen LogP contribution in [0, 0.1) is 0 Å². The van der Waals surface area contributed by atoms with Gasteiger partial charge in [-0.05, 0) is 36.8 Å². The maximum atomic E-state index is 4.59. The van der Waals surface area contributed by atoms with Gasteiger partial charge in [-0.2, -0.15) is 0 Å². The van der Waals surface area contributed by atoms with Crippen LogP contribution in [-0.2, 0) is 6.54 Å². The van der Waals surface area contributed by atoms with Gasteiger partial charge in [0.1, 0.15) is 5.65 Å². The predicted molar refractivity (Wildman–Crippen MR) is 84.6 cm³/mol. The van der Waals surface area contributed by atoms with E-state index in [9.17, 15) is 0 Å². The van der Waals surface area contributed by atoms with Gasteiger partial charge in [-0.1, -0.05) is 34.1 Å². The number of aromatic nitrogens is 2. The van der Waals surface area contributed by atoms with Gasteiger partial charge in [-0.3, -0.25) is 0 Å². The molecule has 0 saturated heterocycles. The smallest absolute Gasteiger partial charge is 0.137 e. The normalized spacial score (nSPS) is 12.7. The van der Waals surface area contributed by atoms with E-state index in [1.807, 2.05) is 34.9 Å². The molecular weight excluding hydrogens is 314 g/mol. The van der Waals surface area contributed by atoms with E-state index in [0.29, 0.717) is 0 Å². The van der Waals surface area contributed by atoms with Gasteiger partial charge in [-0.15, -0.1) is 0 Å². The molecule has 2 aromatic heterocycles. The van der Waals surface area contributed by atoms with Crippen LogP contribution in [0.4, 0.5) is 0 Å². The molecule has 0 amide bonds. The lowest BCUT2D eigenvalue weighted by atomic mass is 10.1. The topological polar surface area (TPSA) is 29.3 Å². The van der Waals surface area contributed by atoms with Crippen LogP contribution >= 0.6 is 15.9 Å². The van der Waals surface area contributed by atoms with E-state index in [2.05, 4.69) is 57.6 Å². The lowest BCUT2D eigenvalue weighted by Crippen LogP contribution is -2.18. The van der Waals surface area contributed by atoms with Gasteiger partial charge in [0.15, 0.2) is 0 Å². The van der Waals surface area contributed by atoms with Crippen molar-refractivity contribution in [2.75, 3.05) is 0 Å². The van der Waals surface area contributed by atoms with Gasteiger partial charge in [-0.25, -0.2) is 4.98 Å². The predicted octanol–water partition coefficient (Wildman–Crippen LogP) is 3.95. The third-order valence-electron chi connectivity index (χ3n) is 3.35. The van der Waals surface area contributed by atoms with E-state index < -0.39 is 0 Å². The molecule has 3 aromatic rings. The largest absolute Gasteiger partial charge is 0.307 e. The summed E-state index contributed by atoms with van der Waals surface area (Å²) in [6, 6.07) is 14.7. The van der Waals surface area contributed by atoms with Crippen molar-refractivity contribution in [1.29, 1.82) is 0 Å². The summed E-state index contributed by atoms with van der Waals surface area (Å²) in [6.45, 7) is 2.92. The number of pyridine rings is 1. The molecule has 102 valence electrons. The zero-order valence-electron chi connectivity index (χ0n) is 11.3. The van der Waals surface area contributed by atoms with Crippen LogP contribution in [0.15, 0.2) is 59.3 Å². The number of benzene rings is 1. The lowest BCUT2D eigenvalue weighted by molar-refractivity contribution is 0.569. The molecule has 0 aliphatic carbocycles. The van der Waals surface area contributed by atoms with Crippen LogP contribution in [0.3, 0.4) is 0 Å². The fourth-order valence-electron chi connectivity index (χ4n) is 2.22. The van der Waals surface area contributed by atoms with Crippen molar-refractivity contribution in [2.24, 2.45) is 0 Å². The number of rotatable bonds is 4. The maximum Gasteiger partial charge on any atom is 0.137 e. The monoisotopic (exact) mass is 329 g/mol. The molecule has 0 bridgehead atoms. The van der Waals surface area contributed by atoms with Crippen molar-refractivity contribution in [3.05, 3.63) is 70.6 Å². The van der Waals surface area contributed by atoms with Gasteiger partial charge in [0.25, 0.3) is 0 Å². The minimum atomic E-state index is 0.289. The van der Waals surface area contributed by atoms with Crippen molar-refractivity contribution in [3.8, 4) is 0 Å². The molecule has 0 spiro atoms. The Morgan fingerprint density at radius 2 is 2.15 bits per heavy atom. The molecular formula is C16H16BrN3. The second-order valence-corrected chi connectivity index (χ2v) is 5.77. The molecule has 0 saturated carbocycles. The van der Waals surface area contributed by atoms with Gasteiger partial charge in [0.05, 0.1) is 5.69 Å². The van der Waals surface area contributed by atoms with Crippen LogP contribution in [-0.4, -0.2) is 9.38 Å². The van der Waals surface area contributed by atoms with E-state index >= 15 is 0 Å². The van der Waals surface area contributed by atoms with Crippen LogP contribution < -0.4 is 5.32 Å².